The van der Waals surface area contributed by atoms with Gasteiger partial charge in [0.05, 0.1) is 26.1 Å². The highest BCUT2D eigenvalue weighted by Crippen LogP contribution is 2.28. The van der Waals surface area contributed by atoms with Gasteiger partial charge in [-0.2, -0.15) is 0 Å². The molecule has 3 aromatic heterocycles. The molecule has 4 aromatic rings. The fourth-order valence-electron chi connectivity index (χ4n) is 3.73. The van der Waals surface area contributed by atoms with Crippen molar-refractivity contribution in [1.29, 1.82) is 0 Å². The molecular weight excluding hydrogens is 497 g/mol. The summed E-state index contributed by atoms with van der Waals surface area (Å²) in [6.07, 6.45) is 3.89. The number of hydrogen-bond donors (Lipinski definition) is 2. The third-order valence-electron chi connectivity index (χ3n) is 5.49. The van der Waals surface area contributed by atoms with Crippen LogP contribution in [0.15, 0.2) is 48.9 Å². The number of aromatic nitrogens is 4. The highest BCUT2D eigenvalue weighted by Gasteiger charge is 2.23. The summed E-state index contributed by atoms with van der Waals surface area (Å²) in [5, 5.41) is 5.08. The van der Waals surface area contributed by atoms with E-state index in [1.807, 2.05) is 0 Å². The van der Waals surface area contributed by atoms with E-state index < -0.39 is 23.7 Å². The minimum atomic E-state index is -0.659. The Hall–Kier alpha value is -5.07. The first-order valence-corrected chi connectivity index (χ1v) is 11.4. The molecule has 3 amide bonds. The number of hydrogen-bond acceptors (Lipinski definition) is 8. The van der Waals surface area contributed by atoms with Crippen LogP contribution in [0.4, 0.5) is 26.5 Å². The summed E-state index contributed by atoms with van der Waals surface area (Å²) >= 11 is 0. The second-order valence-electron chi connectivity index (χ2n) is 7.91. The molecule has 2 N–H and O–H groups in total. The number of fused-ring (bicyclic) bond motifs is 1. The predicted molar refractivity (Wildman–Crippen MR) is 137 cm³/mol. The van der Waals surface area contributed by atoms with Crippen molar-refractivity contribution in [2.45, 2.75) is 13.8 Å². The Morgan fingerprint density at radius 1 is 1.08 bits per heavy atom. The third kappa shape index (κ3) is 5.21. The summed E-state index contributed by atoms with van der Waals surface area (Å²) in [4.78, 5) is 51.3. The van der Waals surface area contributed by atoms with Crippen LogP contribution in [-0.2, 0) is 9.53 Å². The van der Waals surface area contributed by atoms with Crippen LogP contribution in [0.5, 0.6) is 5.75 Å². The zero-order valence-electron chi connectivity index (χ0n) is 21.0. The van der Waals surface area contributed by atoms with Gasteiger partial charge >= 0.3 is 6.09 Å². The van der Waals surface area contributed by atoms with Gasteiger partial charge in [-0.3, -0.25) is 19.3 Å². The minimum Gasteiger partial charge on any atom is -0.494 e. The maximum atomic E-state index is 14.0. The van der Waals surface area contributed by atoms with Gasteiger partial charge in [0.1, 0.15) is 11.5 Å². The lowest BCUT2D eigenvalue weighted by Crippen LogP contribution is -2.32. The number of carbonyl (C=O) groups is 3. The normalized spacial score (nSPS) is 10.7. The van der Waals surface area contributed by atoms with Crippen LogP contribution in [0.2, 0.25) is 0 Å². The molecule has 0 radical (unpaired) electrons. The number of anilines is 3. The quantitative estimate of drug-likeness (QED) is 0.375. The molecule has 0 unspecified atom stereocenters. The van der Waals surface area contributed by atoms with E-state index in [1.165, 1.54) is 56.6 Å². The summed E-state index contributed by atoms with van der Waals surface area (Å²) in [7, 11) is 2.58. The van der Waals surface area contributed by atoms with Crippen molar-refractivity contribution in [3.63, 3.8) is 0 Å². The summed E-state index contributed by atoms with van der Waals surface area (Å²) in [5.41, 5.74) is 1.87. The molecule has 0 spiro atoms. The van der Waals surface area contributed by atoms with Gasteiger partial charge in [-0.1, -0.05) is 0 Å². The van der Waals surface area contributed by atoms with Crippen LogP contribution in [0, 0.1) is 5.82 Å². The van der Waals surface area contributed by atoms with Gasteiger partial charge in [0.25, 0.3) is 5.91 Å². The van der Waals surface area contributed by atoms with Gasteiger partial charge in [-0.25, -0.2) is 24.1 Å². The van der Waals surface area contributed by atoms with E-state index in [4.69, 9.17) is 4.74 Å². The average molecular weight is 522 g/mol. The number of benzene rings is 1. The van der Waals surface area contributed by atoms with Crippen LogP contribution >= 0.6 is 0 Å². The fourth-order valence-corrected chi connectivity index (χ4v) is 3.73. The minimum absolute atomic E-state index is 0.00239. The second kappa shape index (κ2) is 10.9. The number of imidazole rings is 1. The Balaban J connectivity index is 1.79. The van der Waals surface area contributed by atoms with Crippen molar-refractivity contribution in [1.82, 2.24) is 19.4 Å². The number of rotatable bonds is 7. The molecule has 1 aromatic carbocycles. The van der Waals surface area contributed by atoms with Crippen molar-refractivity contribution in [3.05, 3.63) is 60.4 Å². The number of nitrogens with one attached hydrogen (secondary N) is 2. The van der Waals surface area contributed by atoms with Crippen LogP contribution in [-0.4, -0.2) is 58.0 Å². The topological polar surface area (TPSA) is 140 Å². The number of carbonyl (C=O) groups excluding carboxylic acids is 3. The molecule has 196 valence electrons. The molecule has 4 rings (SSSR count). The average Bonchev–Trinajstić information content (AvgIpc) is 3.34. The van der Waals surface area contributed by atoms with Gasteiger partial charge in [0.15, 0.2) is 23.0 Å². The molecular formula is C25H24FN7O5. The van der Waals surface area contributed by atoms with Crippen LogP contribution in [0.25, 0.3) is 16.9 Å². The molecule has 0 bridgehead atoms. The van der Waals surface area contributed by atoms with E-state index >= 15 is 0 Å². The molecule has 12 nitrogen and oxygen atoms in total. The lowest BCUT2D eigenvalue weighted by molar-refractivity contribution is -0.114. The molecule has 0 aliphatic carbocycles. The predicted octanol–water partition coefficient (Wildman–Crippen LogP) is 3.74. The molecule has 13 heteroatoms. The summed E-state index contributed by atoms with van der Waals surface area (Å²) in [5.74, 6) is -1.10. The van der Waals surface area contributed by atoms with E-state index in [-0.39, 0.29) is 29.6 Å². The Bertz CT molecular complexity index is 1520. The third-order valence-corrected chi connectivity index (χ3v) is 5.49. The molecule has 38 heavy (non-hydrogen) atoms. The zero-order chi connectivity index (χ0) is 27.4. The Kier molecular flexibility index (Phi) is 7.46. The first-order valence-electron chi connectivity index (χ1n) is 11.4. The highest BCUT2D eigenvalue weighted by molar-refractivity contribution is 6.05. The van der Waals surface area contributed by atoms with Crippen LogP contribution in [0.3, 0.4) is 0 Å². The first kappa shape index (κ1) is 26.0. The van der Waals surface area contributed by atoms with Crippen molar-refractivity contribution < 1.29 is 28.2 Å². The number of halogens is 1. The number of methoxy groups -OCH3 is 2. The monoisotopic (exact) mass is 521 g/mol. The van der Waals surface area contributed by atoms with Gasteiger partial charge in [-0.05, 0) is 31.2 Å². The summed E-state index contributed by atoms with van der Waals surface area (Å²) < 4.78 is 25.2. The summed E-state index contributed by atoms with van der Waals surface area (Å²) in [6.45, 7) is 3.33. The van der Waals surface area contributed by atoms with Crippen molar-refractivity contribution in [2.75, 3.05) is 36.3 Å². The molecule has 0 saturated carbocycles. The SMILES string of the molecule is CCN(C(=O)c1cn2c(-c3ccc(NC(=O)OC)nc3)cnc2c(NC(C)=O)n1)c1ccc(F)c(OC)c1. The van der Waals surface area contributed by atoms with Crippen molar-refractivity contribution >= 4 is 40.9 Å². The zero-order valence-corrected chi connectivity index (χ0v) is 21.0. The maximum absolute atomic E-state index is 14.0. The number of nitrogens with zero attached hydrogens (tertiary/aromatic N) is 5. The lowest BCUT2D eigenvalue weighted by Gasteiger charge is -2.22. The Morgan fingerprint density at radius 2 is 1.87 bits per heavy atom. The van der Waals surface area contributed by atoms with Crippen LogP contribution in [0.1, 0.15) is 24.3 Å². The van der Waals surface area contributed by atoms with E-state index in [9.17, 15) is 18.8 Å². The molecule has 0 fully saturated rings. The summed E-state index contributed by atoms with van der Waals surface area (Å²) in [6, 6.07) is 7.37. The van der Waals surface area contributed by atoms with Gasteiger partial charge in [-0.15, -0.1) is 0 Å². The Morgan fingerprint density at radius 3 is 2.50 bits per heavy atom. The highest BCUT2D eigenvalue weighted by atomic mass is 19.1. The largest absolute Gasteiger partial charge is 0.494 e. The van der Waals surface area contributed by atoms with E-state index in [0.29, 0.717) is 22.6 Å². The van der Waals surface area contributed by atoms with Gasteiger partial charge < -0.3 is 19.7 Å². The molecule has 3 heterocycles. The smallest absolute Gasteiger partial charge is 0.412 e. The number of ether oxygens (including phenoxy) is 2. The van der Waals surface area contributed by atoms with Crippen LogP contribution < -0.4 is 20.3 Å². The van der Waals surface area contributed by atoms with Crippen molar-refractivity contribution in [2.24, 2.45) is 0 Å². The Labute approximate surface area is 216 Å². The molecule has 0 atom stereocenters. The molecule has 0 aliphatic heterocycles. The van der Waals surface area contributed by atoms with Crippen molar-refractivity contribution in [3.8, 4) is 17.0 Å². The van der Waals surface area contributed by atoms with E-state index in [1.54, 1.807) is 29.7 Å². The first-order chi connectivity index (χ1) is 18.2. The van der Waals surface area contributed by atoms with Gasteiger partial charge in [0, 0.05) is 43.2 Å². The lowest BCUT2D eigenvalue weighted by atomic mass is 10.2. The second-order valence-corrected chi connectivity index (χ2v) is 7.91. The van der Waals surface area contributed by atoms with E-state index in [0.717, 1.165) is 0 Å². The fraction of sp³-hybridized carbons (Fsp3) is 0.200. The molecule has 0 aliphatic rings. The number of pyridine rings is 1. The van der Waals surface area contributed by atoms with E-state index in [2.05, 4.69) is 30.3 Å². The number of amides is 3. The maximum Gasteiger partial charge on any atom is 0.412 e. The standard InChI is InChI=1S/C25H24FN7O5/c1-5-32(16-7-8-17(26)20(10-16)37-3)24(35)18-13-33-19(12-28-23(33)22(30-18)29-14(2)34)15-6-9-21(27-11-15)31-25(36)38-4/h6-13H,5H2,1-4H3,(H,27,31,36)(H,29,30,34). The molecule has 0 saturated heterocycles. The van der Waals surface area contributed by atoms with Gasteiger partial charge in [0.2, 0.25) is 5.91 Å².